The molecular formula is C9H14N4OS. The van der Waals surface area contributed by atoms with Crippen LogP contribution in [0.25, 0.3) is 0 Å². The van der Waals surface area contributed by atoms with Crippen LogP contribution in [-0.4, -0.2) is 40.6 Å². The number of hydrogen-bond donors (Lipinski definition) is 1. The molecule has 2 rings (SSSR count). The van der Waals surface area contributed by atoms with Crippen LogP contribution >= 0.6 is 11.3 Å². The predicted molar refractivity (Wildman–Crippen MR) is 58.9 cm³/mol. The van der Waals surface area contributed by atoms with Crippen molar-refractivity contribution in [1.82, 2.24) is 15.1 Å². The summed E-state index contributed by atoms with van der Waals surface area (Å²) in [7, 11) is 1.83. The highest BCUT2D eigenvalue weighted by Crippen LogP contribution is 2.18. The third-order valence-electron chi connectivity index (χ3n) is 2.48. The van der Waals surface area contributed by atoms with E-state index in [1.165, 1.54) is 0 Å². The van der Waals surface area contributed by atoms with E-state index in [-0.39, 0.29) is 5.91 Å². The summed E-state index contributed by atoms with van der Waals surface area (Å²) in [4.78, 5) is 13.0. The smallest absolute Gasteiger partial charge is 0.222 e. The van der Waals surface area contributed by atoms with Gasteiger partial charge in [-0.2, -0.15) is 0 Å². The molecule has 0 aliphatic carbocycles. The molecule has 0 saturated carbocycles. The van der Waals surface area contributed by atoms with Gasteiger partial charge in [-0.15, -0.1) is 10.2 Å². The number of carbonyl (C=O) groups excluding carboxylic acids is 1. The van der Waals surface area contributed by atoms with Gasteiger partial charge in [0.2, 0.25) is 11.0 Å². The van der Waals surface area contributed by atoms with Crippen molar-refractivity contribution in [2.24, 2.45) is 0 Å². The van der Waals surface area contributed by atoms with Crippen LogP contribution in [0.4, 0.5) is 5.13 Å². The first kappa shape index (κ1) is 10.4. The van der Waals surface area contributed by atoms with Crippen LogP contribution in [0, 0.1) is 6.92 Å². The van der Waals surface area contributed by atoms with Crippen molar-refractivity contribution in [2.75, 3.05) is 18.9 Å². The molecule has 0 spiro atoms. The van der Waals surface area contributed by atoms with Crippen molar-refractivity contribution in [3.8, 4) is 0 Å². The molecule has 6 heteroatoms. The van der Waals surface area contributed by atoms with Gasteiger partial charge in [0.25, 0.3) is 0 Å². The molecule has 0 aromatic carbocycles. The van der Waals surface area contributed by atoms with Gasteiger partial charge in [-0.3, -0.25) is 4.79 Å². The lowest BCUT2D eigenvalue weighted by molar-refractivity contribution is -0.132. The molecule has 0 bridgehead atoms. The average Bonchev–Trinajstić information content (AvgIpc) is 2.58. The van der Waals surface area contributed by atoms with E-state index in [0.29, 0.717) is 12.5 Å². The number of likely N-dealkylation sites (N-methyl/N-ethyl adjacent to an activating group) is 1. The summed E-state index contributed by atoms with van der Waals surface area (Å²) in [5, 5.41) is 13.1. The molecule has 1 fully saturated rings. The minimum atomic E-state index is 0.224. The Bertz CT molecular complexity index is 365. The van der Waals surface area contributed by atoms with Gasteiger partial charge in [-0.1, -0.05) is 11.3 Å². The Kier molecular flexibility index (Phi) is 2.86. The van der Waals surface area contributed by atoms with Gasteiger partial charge in [0.1, 0.15) is 5.01 Å². The molecule has 1 N–H and O–H groups in total. The third kappa shape index (κ3) is 2.44. The minimum Gasteiger partial charge on any atom is -0.356 e. The minimum absolute atomic E-state index is 0.224. The molecule has 1 aliphatic rings. The monoisotopic (exact) mass is 226 g/mol. The summed E-state index contributed by atoms with van der Waals surface area (Å²) in [5.41, 5.74) is 0. The van der Waals surface area contributed by atoms with E-state index >= 15 is 0 Å². The van der Waals surface area contributed by atoms with Crippen molar-refractivity contribution >= 4 is 22.4 Å². The number of amides is 1. The number of nitrogens with zero attached hydrogens (tertiary/aromatic N) is 3. The SMILES string of the molecule is Cc1nnc(NC2CCC(=O)N(C)C2)s1. The lowest BCUT2D eigenvalue weighted by Crippen LogP contribution is -2.43. The Morgan fingerprint density at radius 3 is 2.93 bits per heavy atom. The number of aromatic nitrogens is 2. The largest absolute Gasteiger partial charge is 0.356 e. The van der Waals surface area contributed by atoms with Crippen LogP contribution in [0.5, 0.6) is 0 Å². The zero-order valence-electron chi connectivity index (χ0n) is 8.86. The summed E-state index contributed by atoms with van der Waals surface area (Å²) < 4.78 is 0. The van der Waals surface area contributed by atoms with Crippen LogP contribution in [-0.2, 0) is 4.79 Å². The predicted octanol–water partition coefficient (Wildman–Crippen LogP) is 0.879. The van der Waals surface area contributed by atoms with Gasteiger partial charge < -0.3 is 10.2 Å². The van der Waals surface area contributed by atoms with Crippen LogP contribution in [0.3, 0.4) is 0 Å². The molecule has 1 aromatic rings. The fourth-order valence-electron chi connectivity index (χ4n) is 1.66. The van der Waals surface area contributed by atoms with E-state index in [1.807, 2.05) is 14.0 Å². The topological polar surface area (TPSA) is 58.1 Å². The first-order chi connectivity index (χ1) is 7.15. The second-order valence-corrected chi connectivity index (χ2v) is 4.96. The maximum atomic E-state index is 11.3. The highest BCUT2D eigenvalue weighted by Gasteiger charge is 2.23. The molecule has 1 unspecified atom stereocenters. The van der Waals surface area contributed by atoms with E-state index in [9.17, 15) is 4.79 Å². The molecule has 1 saturated heterocycles. The molecule has 82 valence electrons. The summed E-state index contributed by atoms with van der Waals surface area (Å²) in [6, 6.07) is 0.306. The van der Waals surface area contributed by atoms with Gasteiger partial charge >= 0.3 is 0 Å². The lowest BCUT2D eigenvalue weighted by atomic mass is 10.1. The van der Waals surface area contributed by atoms with Crippen molar-refractivity contribution in [2.45, 2.75) is 25.8 Å². The quantitative estimate of drug-likeness (QED) is 0.813. The molecule has 0 radical (unpaired) electrons. The van der Waals surface area contributed by atoms with Crippen molar-refractivity contribution in [1.29, 1.82) is 0 Å². The van der Waals surface area contributed by atoms with Crippen LogP contribution in [0.15, 0.2) is 0 Å². The summed E-state index contributed by atoms with van der Waals surface area (Å²) in [5.74, 6) is 0.224. The van der Waals surface area contributed by atoms with Crippen LogP contribution < -0.4 is 5.32 Å². The van der Waals surface area contributed by atoms with Gasteiger partial charge in [-0.25, -0.2) is 0 Å². The number of likely N-dealkylation sites (tertiary alicyclic amines) is 1. The Hall–Kier alpha value is -1.17. The van der Waals surface area contributed by atoms with E-state index in [2.05, 4.69) is 15.5 Å². The van der Waals surface area contributed by atoms with Crippen molar-refractivity contribution in [3.05, 3.63) is 5.01 Å². The number of hydrogen-bond acceptors (Lipinski definition) is 5. The molecule has 1 aromatic heterocycles. The van der Waals surface area contributed by atoms with Gasteiger partial charge in [0.15, 0.2) is 0 Å². The van der Waals surface area contributed by atoms with E-state index in [4.69, 9.17) is 0 Å². The maximum absolute atomic E-state index is 11.3. The second kappa shape index (κ2) is 4.14. The fraction of sp³-hybridized carbons (Fsp3) is 0.667. The average molecular weight is 226 g/mol. The fourth-order valence-corrected chi connectivity index (χ4v) is 2.33. The summed E-state index contributed by atoms with van der Waals surface area (Å²) in [6.07, 6.45) is 1.49. The number of nitrogens with one attached hydrogen (secondary N) is 1. The Morgan fingerprint density at radius 1 is 1.53 bits per heavy atom. The molecular weight excluding hydrogens is 212 g/mol. The molecule has 1 atom stereocenters. The Labute approximate surface area is 92.5 Å². The van der Waals surface area contributed by atoms with Crippen LogP contribution in [0.1, 0.15) is 17.8 Å². The summed E-state index contributed by atoms with van der Waals surface area (Å²) in [6.45, 7) is 2.68. The van der Waals surface area contributed by atoms with Gasteiger partial charge in [0, 0.05) is 26.1 Å². The number of aryl methyl sites for hydroxylation is 1. The number of rotatable bonds is 2. The Balaban J connectivity index is 1.93. The molecule has 1 amide bonds. The van der Waals surface area contributed by atoms with Crippen molar-refractivity contribution < 1.29 is 4.79 Å². The zero-order valence-corrected chi connectivity index (χ0v) is 9.67. The molecule has 15 heavy (non-hydrogen) atoms. The Morgan fingerprint density at radius 2 is 2.33 bits per heavy atom. The number of piperidine rings is 1. The number of anilines is 1. The molecule has 1 aliphatic heterocycles. The zero-order chi connectivity index (χ0) is 10.8. The summed E-state index contributed by atoms with van der Waals surface area (Å²) >= 11 is 1.55. The lowest BCUT2D eigenvalue weighted by Gasteiger charge is -2.29. The second-order valence-electron chi connectivity index (χ2n) is 3.78. The third-order valence-corrected chi connectivity index (χ3v) is 3.25. The van der Waals surface area contributed by atoms with E-state index in [0.717, 1.165) is 23.1 Å². The highest BCUT2D eigenvalue weighted by atomic mass is 32.1. The van der Waals surface area contributed by atoms with Crippen LogP contribution in [0.2, 0.25) is 0 Å². The molecule has 2 heterocycles. The maximum Gasteiger partial charge on any atom is 0.222 e. The highest BCUT2D eigenvalue weighted by molar-refractivity contribution is 7.15. The van der Waals surface area contributed by atoms with Gasteiger partial charge in [-0.05, 0) is 13.3 Å². The first-order valence-electron chi connectivity index (χ1n) is 4.96. The van der Waals surface area contributed by atoms with Crippen molar-refractivity contribution in [3.63, 3.8) is 0 Å². The standard InChI is InChI=1S/C9H14N4OS/c1-6-11-12-9(15-6)10-7-3-4-8(14)13(2)5-7/h7H,3-5H2,1-2H3,(H,10,12). The van der Waals surface area contributed by atoms with Gasteiger partial charge in [0.05, 0.1) is 0 Å². The normalized spacial score (nSPS) is 21.9. The first-order valence-corrected chi connectivity index (χ1v) is 5.77. The molecule has 5 nitrogen and oxygen atoms in total. The number of carbonyl (C=O) groups is 1. The van der Waals surface area contributed by atoms with E-state index in [1.54, 1.807) is 16.2 Å². The van der Waals surface area contributed by atoms with E-state index < -0.39 is 0 Å².